The fourth-order valence-electron chi connectivity index (χ4n) is 4.04. The number of aliphatic hydroxyl groups excluding tert-OH is 2. The average molecular weight is 475 g/mol. The lowest BCUT2D eigenvalue weighted by atomic mass is 10.0. The second kappa shape index (κ2) is 22.8. The molecular weight excluding hydrogens is 424 g/mol. The summed E-state index contributed by atoms with van der Waals surface area (Å²) in [5.74, 6) is -0.481. The van der Waals surface area contributed by atoms with E-state index in [1.165, 1.54) is 91.3 Å². The normalized spacial score (nSPS) is 15.1. The monoisotopic (exact) mass is 474 g/mol. The van der Waals surface area contributed by atoms with Crippen molar-refractivity contribution in [3.8, 4) is 0 Å². The van der Waals surface area contributed by atoms with E-state index in [1.807, 2.05) is 0 Å². The van der Waals surface area contributed by atoms with Crippen LogP contribution in [0.25, 0.3) is 0 Å². The summed E-state index contributed by atoms with van der Waals surface area (Å²) in [4.78, 5) is 23.4. The molecule has 0 aliphatic heterocycles. The summed E-state index contributed by atoms with van der Waals surface area (Å²) < 4.78 is 15.6. The molecule has 0 heterocycles. The first kappa shape index (κ1) is 32.0. The van der Waals surface area contributed by atoms with Gasteiger partial charge >= 0.3 is 5.97 Å². The number of ether oxygens (including phenoxy) is 3. The van der Waals surface area contributed by atoms with Crippen LogP contribution < -0.4 is 0 Å². The third-order valence-corrected chi connectivity index (χ3v) is 6.14. The SMILES string of the molecule is CCCCCCCCCCCCCCCCCC(=O)O[C@@H]([C@H](OC)[C@H](C=O)OC)[C@H](O)CO. The molecule has 7 nitrogen and oxygen atoms in total. The van der Waals surface area contributed by atoms with Gasteiger partial charge < -0.3 is 29.2 Å². The van der Waals surface area contributed by atoms with E-state index in [9.17, 15) is 19.8 Å². The van der Waals surface area contributed by atoms with Crippen LogP contribution in [0.2, 0.25) is 0 Å². The largest absolute Gasteiger partial charge is 0.457 e. The number of aliphatic hydroxyl groups is 2. The van der Waals surface area contributed by atoms with Gasteiger partial charge in [0.25, 0.3) is 0 Å². The Morgan fingerprint density at radius 1 is 0.758 bits per heavy atom. The summed E-state index contributed by atoms with van der Waals surface area (Å²) in [6.07, 6.45) is 14.9. The Morgan fingerprint density at radius 3 is 1.58 bits per heavy atom. The third-order valence-electron chi connectivity index (χ3n) is 6.14. The molecule has 4 atom stereocenters. The van der Waals surface area contributed by atoms with Gasteiger partial charge in [-0.25, -0.2) is 0 Å². The van der Waals surface area contributed by atoms with E-state index < -0.39 is 37.0 Å². The first-order chi connectivity index (χ1) is 16.0. The van der Waals surface area contributed by atoms with Crippen molar-refractivity contribution in [2.75, 3.05) is 20.8 Å². The maximum Gasteiger partial charge on any atom is 0.306 e. The second-order valence-corrected chi connectivity index (χ2v) is 8.94. The number of unbranched alkanes of at least 4 members (excludes halogenated alkanes) is 14. The van der Waals surface area contributed by atoms with Gasteiger partial charge in [0.1, 0.15) is 18.3 Å². The molecule has 2 N–H and O–H groups in total. The van der Waals surface area contributed by atoms with Gasteiger partial charge in [-0.1, -0.05) is 96.8 Å². The van der Waals surface area contributed by atoms with E-state index in [0.29, 0.717) is 12.7 Å². The molecule has 0 aromatic carbocycles. The lowest BCUT2D eigenvalue weighted by molar-refractivity contribution is -0.181. The van der Waals surface area contributed by atoms with Crippen LogP contribution in [-0.4, -0.2) is 67.7 Å². The molecule has 0 spiro atoms. The molecule has 0 rings (SSSR count). The van der Waals surface area contributed by atoms with Gasteiger partial charge in [-0.2, -0.15) is 0 Å². The third kappa shape index (κ3) is 16.3. The molecule has 0 radical (unpaired) electrons. The van der Waals surface area contributed by atoms with E-state index in [-0.39, 0.29) is 6.42 Å². The zero-order chi connectivity index (χ0) is 24.7. The quantitative estimate of drug-likeness (QED) is 0.118. The molecule has 196 valence electrons. The molecule has 0 aromatic heterocycles. The van der Waals surface area contributed by atoms with Gasteiger partial charge in [0.15, 0.2) is 12.4 Å². The van der Waals surface area contributed by atoms with Crippen LogP contribution in [0.5, 0.6) is 0 Å². The van der Waals surface area contributed by atoms with Crippen LogP contribution in [0.1, 0.15) is 110 Å². The molecule has 33 heavy (non-hydrogen) atoms. The van der Waals surface area contributed by atoms with Gasteiger partial charge in [-0.3, -0.25) is 4.79 Å². The van der Waals surface area contributed by atoms with Crippen molar-refractivity contribution in [3.63, 3.8) is 0 Å². The van der Waals surface area contributed by atoms with Crippen molar-refractivity contribution >= 4 is 12.3 Å². The van der Waals surface area contributed by atoms with Crippen molar-refractivity contribution in [1.82, 2.24) is 0 Å². The predicted octanol–water partition coefficient (Wildman–Crippen LogP) is 4.74. The second-order valence-electron chi connectivity index (χ2n) is 8.94. The minimum atomic E-state index is -1.36. The molecule has 0 unspecified atom stereocenters. The molecule has 0 aliphatic carbocycles. The van der Waals surface area contributed by atoms with Crippen LogP contribution in [0, 0.1) is 0 Å². The fourth-order valence-corrected chi connectivity index (χ4v) is 4.04. The Kier molecular flexibility index (Phi) is 22.1. The highest BCUT2D eigenvalue weighted by Gasteiger charge is 2.37. The lowest BCUT2D eigenvalue weighted by Crippen LogP contribution is -2.50. The smallest absolute Gasteiger partial charge is 0.306 e. The number of carbonyl (C=O) groups is 2. The van der Waals surface area contributed by atoms with Gasteiger partial charge in [0, 0.05) is 20.6 Å². The van der Waals surface area contributed by atoms with Crippen molar-refractivity contribution < 1.29 is 34.0 Å². The highest BCUT2D eigenvalue weighted by atomic mass is 16.6. The van der Waals surface area contributed by atoms with Crippen molar-refractivity contribution in [2.24, 2.45) is 0 Å². The van der Waals surface area contributed by atoms with Crippen LogP contribution in [-0.2, 0) is 23.8 Å². The van der Waals surface area contributed by atoms with E-state index in [2.05, 4.69) is 6.92 Å². The van der Waals surface area contributed by atoms with Crippen molar-refractivity contribution in [3.05, 3.63) is 0 Å². The molecule has 0 fully saturated rings. The fraction of sp³-hybridized carbons (Fsp3) is 0.923. The number of rotatable bonds is 24. The number of carbonyl (C=O) groups excluding carboxylic acids is 2. The number of aldehydes is 1. The average Bonchev–Trinajstić information content (AvgIpc) is 2.83. The van der Waals surface area contributed by atoms with Crippen LogP contribution >= 0.6 is 0 Å². The molecule has 0 saturated carbocycles. The van der Waals surface area contributed by atoms with Gasteiger partial charge in [0.2, 0.25) is 0 Å². The first-order valence-corrected chi connectivity index (χ1v) is 13.0. The summed E-state index contributed by atoms with van der Waals surface area (Å²) in [7, 11) is 2.66. The molecule has 0 aromatic rings. The maximum absolute atomic E-state index is 12.2. The Hall–Kier alpha value is -1.02. The number of methoxy groups -OCH3 is 2. The standard InChI is InChI=1S/C26H50O7/c1-4-5-6-7-8-9-10-11-12-13-14-15-16-17-18-19-24(30)33-25(22(29)20-27)26(32-3)23(21-28)31-2/h21-23,25-27,29H,4-20H2,1-3H3/t22-,23+,25-,26-/m1/s1. The molecule has 0 amide bonds. The molecule has 0 saturated heterocycles. The van der Waals surface area contributed by atoms with E-state index >= 15 is 0 Å². The van der Waals surface area contributed by atoms with Crippen LogP contribution in [0.3, 0.4) is 0 Å². The Morgan fingerprint density at radius 2 is 1.21 bits per heavy atom. The summed E-state index contributed by atoms with van der Waals surface area (Å²) in [5, 5.41) is 19.3. The number of hydrogen-bond donors (Lipinski definition) is 2. The minimum Gasteiger partial charge on any atom is -0.457 e. The predicted molar refractivity (Wildman–Crippen MR) is 130 cm³/mol. The first-order valence-electron chi connectivity index (χ1n) is 13.0. The highest BCUT2D eigenvalue weighted by Crippen LogP contribution is 2.17. The molecule has 7 heteroatoms. The summed E-state index contributed by atoms with van der Waals surface area (Å²) in [6.45, 7) is 1.63. The van der Waals surface area contributed by atoms with Crippen molar-refractivity contribution in [2.45, 2.75) is 134 Å². The lowest BCUT2D eigenvalue weighted by Gasteiger charge is -2.31. The van der Waals surface area contributed by atoms with Crippen LogP contribution in [0.4, 0.5) is 0 Å². The van der Waals surface area contributed by atoms with E-state index in [1.54, 1.807) is 0 Å². The van der Waals surface area contributed by atoms with Crippen LogP contribution in [0.15, 0.2) is 0 Å². The van der Waals surface area contributed by atoms with E-state index in [4.69, 9.17) is 14.2 Å². The van der Waals surface area contributed by atoms with Gasteiger partial charge in [0.05, 0.1) is 6.61 Å². The van der Waals surface area contributed by atoms with Gasteiger partial charge in [-0.05, 0) is 6.42 Å². The Labute approximate surface area is 201 Å². The summed E-state index contributed by atoms with van der Waals surface area (Å²) >= 11 is 0. The highest BCUT2D eigenvalue weighted by molar-refractivity contribution is 5.69. The number of hydrogen-bond acceptors (Lipinski definition) is 7. The zero-order valence-electron chi connectivity index (χ0n) is 21.3. The molecule has 0 aliphatic rings. The van der Waals surface area contributed by atoms with Crippen molar-refractivity contribution in [1.29, 1.82) is 0 Å². The summed E-state index contributed by atoms with van der Waals surface area (Å²) in [6, 6.07) is 0. The Balaban J connectivity index is 3.89. The zero-order valence-corrected chi connectivity index (χ0v) is 21.3. The number of esters is 1. The Bertz CT molecular complexity index is 458. The molecular formula is C26H50O7. The van der Waals surface area contributed by atoms with E-state index in [0.717, 1.165) is 12.8 Å². The topological polar surface area (TPSA) is 102 Å². The minimum absolute atomic E-state index is 0.224. The molecule has 0 bridgehead atoms. The summed E-state index contributed by atoms with van der Waals surface area (Å²) in [5.41, 5.74) is 0. The maximum atomic E-state index is 12.2. The van der Waals surface area contributed by atoms with Gasteiger partial charge in [-0.15, -0.1) is 0 Å².